The minimum Gasteiger partial charge on any atom is -0.311 e. The van der Waals surface area contributed by atoms with Crippen LogP contribution in [-0.4, -0.2) is 37.6 Å². The molecule has 0 fully saturated rings. The highest BCUT2D eigenvalue weighted by molar-refractivity contribution is 5.97. The maximum absolute atomic E-state index is 12.0. The van der Waals surface area contributed by atoms with Gasteiger partial charge in [0.1, 0.15) is 0 Å². The van der Waals surface area contributed by atoms with Crippen molar-refractivity contribution in [1.29, 1.82) is 0 Å². The summed E-state index contributed by atoms with van der Waals surface area (Å²) in [5, 5.41) is 0. The van der Waals surface area contributed by atoms with Gasteiger partial charge in [-0.1, -0.05) is 18.2 Å². The maximum atomic E-state index is 12.0. The van der Waals surface area contributed by atoms with Crippen LogP contribution < -0.4 is 10.6 Å². The van der Waals surface area contributed by atoms with E-state index < -0.39 is 0 Å². The van der Waals surface area contributed by atoms with Gasteiger partial charge in [-0.05, 0) is 25.7 Å². The summed E-state index contributed by atoms with van der Waals surface area (Å²) in [6, 6.07) is 7.90. The van der Waals surface area contributed by atoms with Crippen LogP contribution >= 0.6 is 0 Å². The number of carbonyl (C=O) groups is 1. The summed E-state index contributed by atoms with van der Waals surface area (Å²) < 4.78 is 0. The Hall–Kier alpha value is -1.39. The van der Waals surface area contributed by atoms with Crippen LogP contribution in [0.1, 0.15) is 5.56 Å². The van der Waals surface area contributed by atoms with Crippen LogP contribution in [-0.2, 0) is 11.2 Å². The van der Waals surface area contributed by atoms with Crippen molar-refractivity contribution in [2.75, 3.05) is 25.5 Å². The normalized spacial score (nSPS) is 19.0. The lowest BCUT2D eigenvalue weighted by Crippen LogP contribution is -2.46. The number of hydrogen-bond acceptors (Lipinski definition) is 3. The van der Waals surface area contributed by atoms with Gasteiger partial charge in [-0.3, -0.25) is 9.69 Å². The number of fused-ring (bicyclic) bond motifs is 1. The van der Waals surface area contributed by atoms with Crippen molar-refractivity contribution < 1.29 is 4.79 Å². The van der Waals surface area contributed by atoms with Gasteiger partial charge in [0.2, 0.25) is 5.91 Å². The lowest BCUT2D eigenvalue weighted by molar-refractivity contribution is -0.119. The molecule has 1 amide bonds. The molecule has 1 atom stereocenters. The standard InChI is InChI=1S/C12H17N3O/c1-14(2)8-12(16)15-10-6-4-3-5-9(10)7-11(15)13/h3-6,11H,7-8,13H2,1-2H3. The van der Waals surface area contributed by atoms with Crippen molar-refractivity contribution in [3.63, 3.8) is 0 Å². The van der Waals surface area contributed by atoms with Crippen LogP contribution in [0.3, 0.4) is 0 Å². The van der Waals surface area contributed by atoms with E-state index in [-0.39, 0.29) is 12.1 Å². The van der Waals surface area contributed by atoms with E-state index in [1.165, 1.54) is 0 Å². The Morgan fingerprint density at radius 3 is 2.88 bits per heavy atom. The Balaban J connectivity index is 2.25. The molecule has 0 aromatic heterocycles. The Kier molecular flexibility index (Phi) is 2.94. The molecule has 0 saturated carbocycles. The molecule has 0 aliphatic carbocycles. The predicted octanol–water partition coefficient (Wildman–Crippen LogP) is 0.422. The molecule has 0 saturated heterocycles. The maximum Gasteiger partial charge on any atom is 0.242 e. The Labute approximate surface area is 95.6 Å². The lowest BCUT2D eigenvalue weighted by atomic mass is 10.1. The van der Waals surface area contributed by atoms with Gasteiger partial charge >= 0.3 is 0 Å². The summed E-state index contributed by atoms with van der Waals surface area (Å²) >= 11 is 0. The molecule has 1 unspecified atom stereocenters. The Morgan fingerprint density at radius 2 is 2.19 bits per heavy atom. The molecule has 1 aliphatic heterocycles. The van der Waals surface area contributed by atoms with E-state index in [0.717, 1.165) is 17.7 Å². The first-order valence-corrected chi connectivity index (χ1v) is 5.40. The van der Waals surface area contributed by atoms with E-state index in [1.54, 1.807) is 4.90 Å². The quantitative estimate of drug-likeness (QED) is 0.784. The van der Waals surface area contributed by atoms with E-state index in [0.29, 0.717) is 6.54 Å². The van der Waals surface area contributed by atoms with Crippen LogP contribution in [0.15, 0.2) is 24.3 Å². The number of amides is 1. The fourth-order valence-electron chi connectivity index (χ4n) is 2.08. The molecule has 4 nitrogen and oxygen atoms in total. The van der Waals surface area contributed by atoms with Crippen LogP contribution in [0.25, 0.3) is 0 Å². The fraction of sp³-hybridized carbons (Fsp3) is 0.417. The molecule has 2 rings (SSSR count). The largest absolute Gasteiger partial charge is 0.311 e. The zero-order valence-corrected chi connectivity index (χ0v) is 9.68. The topological polar surface area (TPSA) is 49.6 Å². The van der Waals surface area contributed by atoms with Gasteiger partial charge in [0.05, 0.1) is 12.7 Å². The van der Waals surface area contributed by atoms with Gasteiger partial charge in [-0.25, -0.2) is 0 Å². The molecule has 2 N–H and O–H groups in total. The number of likely N-dealkylation sites (N-methyl/N-ethyl adjacent to an activating group) is 1. The second kappa shape index (κ2) is 4.23. The van der Waals surface area contributed by atoms with Crippen molar-refractivity contribution in [3.8, 4) is 0 Å². The first-order valence-electron chi connectivity index (χ1n) is 5.40. The summed E-state index contributed by atoms with van der Waals surface area (Å²) in [6.07, 6.45) is 0.528. The van der Waals surface area contributed by atoms with Crippen LogP contribution in [0.2, 0.25) is 0 Å². The molecule has 1 aromatic carbocycles. The van der Waals surface area contributed by atoms with Gasteiger partial charge in [0.15, 0.2) is 0 Å². The van der Waals surface area contributed by atoms with Crippen LogP contribution in [0.5, 0.6) is 0 Å². The molecule has 1 aliphatic rings. The molecular formula is C12H17N3O. The third kappa shape index (κ3) is 1.94. The first kappa shape index (κ1) is 11.1. The van der Waals surface area contributed by atoms with E-state index in [1.807, 2.05) is 43.3 Å². The summed E-state index contributed by atoms with van der Waals surface area (Å²) in [5.74, 6) is 0.0578. The smallest absolute Gasteiger partial charge is 0.242 e. The summed E-state index contributed by atoms with van der Waals surface area (Å²) in [7, 11) is 3.76. The average molecular weight is 219 g/mol. The second-order valence-electron chi connectivity index (χ2n) is 4.40. The molecular weight excluding hydrogens is 202 g/mol. The number of anilines is 1. The Bertz CT molecular complexity index is 403. The zero-order valence-electron chi connectivity index (χ0n) is 9.68. The van der Waals surface area contributed by atoms with E-state index in [4.69, 9.17) is 5.73 Å². The first-order chi connectivity index (χ1) is 7.59. The SMILES string of the molecule is CN(C)CC(=O)N1c2ccccc2CC1N. The number of para-hydroxylation sites is 1. The monoisotopic (exact) mass is 219 g/mol. The number of benzene rings is 1. The van der Waals surface area contributed by atoms with E-state index in [2.05, 4.69) is 0 Å². The van der Waals surface area contributed by atoms with Crippen molar-refractivity contribution >= 4 is 11.6 Å². The number of carbonyl (C=O) groups excluding carboxylic acids is 1. The zero-order chi connectivity index (χ0) is 11.7. The van der Waals surface area contributed by atoms with E-state index in [9.17, 15) is 4.79 Å². The highest BCUT2D eigenvalue weighted by atomic mass is 16.2. The average Bonchev–Trinajstić information content (AvgIpc) is 2.52. The van der Waals surface area contributed by atoms with Gasteiger partial charge < -0.3 is 10.6 Å². The third-order valence-electron chi connectivity index (χ3n) is 2.73. The number of rotatable bonds is 2. The fourth-order valence-corrected chi connectivity index (χ4v) is 2.08. The van der Waals surface area contributed by atoms with Crippen LogP contribution in [0, 0.1) is 0 Å². The van der Waals surface area contributed by atoms with Crippen molar-refractivity contribution in [1.82, 2.24) is 4.90 Å². The number of nitrogens with zero attached hydrogens (tertiary/aromatic N) is 2. The molecule has 0 bridgehead atoms. The molecule has 16 heavy (non-hydrogen) atoms. The van der Waals surface area contributed by atoms with E-state index >= 15 is 0 Å². The van der Waals surface area contributed by atoms with Crippen molar-refractivity contribution in [2.45, 2.75) is 12.6 Å². The van der Waals surface area contributed by atoms with Gasteiger partial charge in [0, 0.05) is 12.1 Å². The Morgan fingerprint density at radius 1 is 1.50 bits per heavy atom. The highest BCUT2D eigenvalue weighted by Gasteiger charge is 2.30. The predicted molar refractivity (Wildman–Crippen MR) is 64.2 cm³/mol. The lowest BCUT2D eigenvalue weighted by Gasteiger charge is -2.24. The number of hydrogen-bond donors (Lipinski definition) is 1. The molecule has 86 valence electrons. The molecule has 1 aromatic rings. The van der Waals surface area contributed by atoms with Gasteiger partial charge in [0.25, 0.3) is 0 Å². The van der Waals surface area contributed by atoms with Crippen molar-refractivity contribution in [3.05, 3.63) is 29.8 Å². The summed E-state index contributed by atoms with van der Waals surface area (Å²) in [4.78, 5) is 15.6. The molecule has 4 heteroatoms. The van der Waals surface area contributed by atoms with Gasteiger partial charge in [-0.2, -0.15) is 0 Å². The van der Waals surface area contributed by atoms with Gasteiger partial charge in [-0.15, -0.1) is 0 Å². The molecule has 0 radical (unpaired) electrons. The second-order valence-corrected chi connectivity index (χ2v) is 4.40. The highest BCUT2D eigenvalue weighted by Crippen LogP contribution is 2.29. The minimum absolute atomic E-state index is 0.0578. The summed E-state index contributed by atoms with van der Waals surface area (Å²) in [6.45, 7) is 0.391. The van der Waals surface area contributed by atoms with Crippen molar-refractivity contribution in [2.24, 2.45) is 5.73 Å². The number of nitrogens with two attached hydrogens (primary N) is 1. The summed E-state index contributed by atoms with van der Waals surface area (Å²) in [5.41, 5.74) is 8.11. The van der Waals surface area contributed by atoms with Crippen LogP contribution in [0.4, 0.5) is 5.69 Å². The minimum atomic E-state index is -0.218. The molecule has 1 heterocycles. The third-order valence-corrected chi connectivity index (χ3v) is 2.73. The molecule has 0 spiro atoms.